The van der Waals surface area contributed by atoms with E-state index in [4.69, 9.17) is 17.0 Å². The average molecular weight is 697 g/mol. The van der Waals surface area contributed by atoms with Gasteiger partial charge in [-0.3, -0.25) is 16.4 Å². The Hall–Kier alpha value is -1.37. The molecule has 0 aliphatic carbocycles. The van der Waals surface area contributed by atoms with Gasteiger partial charge in [-0.05, 0) is 0 Å². The molecule has 6 aromatic rings. The zero-order valence-corrected chi connectivity index (χ0v) is 29.0. The first-order valence-corrected chi connectivity index (χ1v) is 23.8. The van der Waals surface area contributed by atoms with Gasteiger partial charge in [0.25, 0.3) is 0 Å². The Balaban J connectivity index is 0.000000155. The van der Waals surface area contributed by atoms with Crippen molar-refractivity contribution < 1.29 is 18.9 Å². The van der Waals surface area contributed by atoms with Crippen LogP contribution in [0, 0.1) is 11.1 Å². The molecule has 0 bridgehead atoms. The molecule has 6 rings (SSSR count). The van der Waals surface area contributed by atoms with Crippen molar-refractivity contribution in [2.75, 3.05) is 0 Å². The molecule has 2 atom stereocenters. The molecule has 0 aliphatic rings. The Morgan fingerprint density at radius 2 is 0.821 bits per heavy atom. The summed E-state index contributed by atoms with van der Waals surface area (Å²) in [4.78, 5) is 0. The van der Waals surface area contributed by atoms with Gasteiger partial charge in [-0.15, -0.1) is 32.2 Å². The molecule has 0 aliphatic heterocycles. The first kappa shape index (κ1) is 30.6. The molecule has 0 fully saturated rings. The van der Waals surface area contributed by atoms with Crippen molar-refractivity contribution in [2.24, 2.45) is 0 Å². The normalized spacial score (nSPS) is 10.7. The molecule has 2 heterocycles. The van der Waals surface area contributed by atoms with Crippen LogP contribution in [0.3, 0.4) is 0 Å². The van der Waals surface area contributed by atoms with Gasteiger partial charge in [-0.1, -0.05) is 144 Å². The third-order valence-electron chi connectivity index (χ3n) is 5.61. The molecule has 0 radical (unpaired) electrons. The quantitative estimate of drug-likeness (QED) is 0.161. The summed E-state index contributed by atoms with van der Waals surface area (Å²) in [5.41, 5.74) is 12.2. The Labute approximate surface area is 253 Å². The fourth-order valence-electron chi connectivity index (χ4n) is 3.75. The minimum absolute atomic E-state index is 0.700. The van der Waals surface area contributed by atoms with E-state index >= 15 is 0 Å². The number of hydrogen-bond acceptors (Lipinski definition) is 0. The van der Waals surface area contributed by atoms with Gasteiger partial charge in [-0.25, -0.2) is 16.4 Å². The summed E-state index contributed by atoms with van der Waals surface area (Å²) in [5.74, 6) is 0. The van der Waals surface area contributed by atoms with Gasteiger partial charge >= 0.3 is 46.5 Å². The molecule has 0 amide bonds. The van der Waals surface area contributed by atoms with Crippen LogP contribution in [-0.2, 0) is 18.9 Å². The summed E-state index contributed by atoms with van der Waals surface area (Å²) in [6.07, 6.45) is 0. The Morgan fingerprint density at radius 1 is 0.538 bits per heavy atom. The first-order chi connectivity index (χ1) is 19.2. The molecule has 4 aromatic carbocycles. The molecular formula is C32H26Cl2P4Zr-2. The third kappa shape index (κ3) is 9.33. The summed E-state index contributed by atoms with van der Waals surface area (Å²) < 4.78 is 1.89. The second kappa shape index (κ2) is 16.8. The van der Waals surface area contributed by atoms with Crippen LogP contribution < -0.4 is 0 Å². The van der Waals surface area contributed by atoms with Crippen molar-refractivity contribution >= 4 is 53.5 Å². The standard InChI is InChI=1S/2C15H11P2.C2H4.2ClH.Zr/c2*1-3-7-12(8-4-1)14-15(17-11-16-14)13-9-5-2-6-10-13;1-2;;;/h2*1-10,16H;1H,2H3;2*1H;/q2*-1;;;;+2/p-2. The van der Waals surface area contributed by atoms with Crippen LogP contribution in [0.25, 0.3) is 43.4 Å². The van der Waals surface area contributed by atoms with E-state index in [0.717, 1.165) is 0 Å². The summed E-state index contributed by atoms with van der Waals surface area (Å²) in [6, 6.07) is 42.5. The zero-order chi connectivity index (χ0) is 27.3. The molecule has 0 saturated carbocycles. The smallest absolute Gasteiger partial charge is 0.0623 e. The topological polar surface area (TPSA) is 0 Å². The Bertz CT molecular complexity index is 1340. The van der Waals surface area contributed by atoms with E-state index in [-0.39, 0.29) is 0 Å². The molecule has 2 aromatic heterocycles. The minimum Gasteiger partial charge on any atom is -0.258 e. The van der Waals surface area contributed by atoms with Crippen molar-refractivity contribution in [3.8, 4) is 43.4 Å². The predicted octanol–water partition coefficient (Wildman–Crippen LogP) is 12.6. The van der Waals surface area contributed by atoms with Gasteiger partial charge in [0.05, 0.1) is 0 Å². The number of halogens is 2. The molecule has 39 heavy (non-hydrogen) atoms. The van der Waals surface area contributed by atoms with Crippen LogP contribution >= 0.6 is 49.8 Å². The predicted molar refractivity (Wildman–Crippen MR) is 180 cm³/mol. The third-order valence-corrected chi connectivity index (χ3v) is 14.5. The summed E-state index contributed by atoms with van der Waals surface area (Å²) in [7, 11) is 14.6. The van der Waals surface area contributed by atoms with Crippen LogP contribution in [-0.4, -0.2) is 3.71 Å². The van der Waals surface area contributed by atoms with Crippen LogP contribution in [0.1, 0.15) is 6.92 Å². The van der Waals surface area contributed by atoms with Gasteiger partial charge in [0.1, 0.15) is 0 Å². The van der Waals surface area contributed by atoms with E-state index in [0.29, 0.717) is 16.4 Å². The first-order valence-electron chi connectivity index (χ1n) is 12.3. The molecule has 0 spiro atoms. The van der Waals surface area contributed by atoms with Crippen molar-refractivity contribution in [1.82, 2.24) is 0 Å². The van der Waals surface area contributed by atoms with Gasteiger partial charge in [-0.2, -0.15) is 0 Å². The fourth-order valence-corrected chi connectivity index (χ4v) is 8.84. The van der Waals surface area contributed by atoms with Gasteiger partial charge in [0, 0.05) is 0 Å². The monoisotopic (exact) mass is 694 g/mol. The maximum atomic E-state index is 5.37. The largest absolute Gasteiger partial charge is 0.258 e. The van der Waals surface area contributed by atoms with Crippen molar-refractivity contribution in [3.05, 3.63) is 132 Å². The maximum Gasteiger partial charge on any atom is -0.0623 e. The van der Waals surface area contributed by atoms with E-state index < -0.39 is 18.9 Å². The number of hydrogen-bond donors (Lipinski definition) is 0. The van der Waals surface area contributed by atoms with Crippen LogP contribution in [0.2, 0.25) is 0 Å². The second-order valence-electron chi connectivity index (χ2n) is 8.19. The second-order valence-corrected chi connectivity index (χ2v) is 21.6. The Kier molecular flexibility index (Phi) is 13.2. The van der Waals surface area contributed by atoms with Crippen LogP contribution in [0.15, 0.2) is 121 Å². The molecule has 7 heteroatoms. The molecule has 0 nitrogen and oxygen atoms in total. The molecule has 194 valence electrons. The van der Waals surface area contributed by atoms with Gasteiger partial charge in [0.15, 0.2) is 0 Å². The van der Waals surface area contributed by atoms with E-state index in [1.807, 2.05) is 10.6 Å². The molecule has 2 unspecified atom stereocenters. The summed E-state index contributed by atoms with van der Waals surface area (Å²) in [6.45, 7) is 1.90. The SMILES string of the molecule is C[CH]=[Zr]([Cl])[Cl].[c-]1pc(-c2ccccc2)c(-c2ccccc2)[pH]1.[c-]1pc(-c2ccccc2)c(-c2ccccc2)[pH]1. The fraction of sp³-hybridized carbons (Fsp3) is 0.0312. The molecule has 0 N–H and O–H groups in total. The van der Waals surface area contributed by atoms with Crippen LogP contribution in [0.5, 0.6) is 0 Å². The van der Waals surface area contributed by atoms with E-state index in [2.05, 4.69) is 132 Å². The van der Waals surface area contributed by atoms with E-state index in [1.54, 1.807) is 0 Å². The number of rotatable bonds is 4. The van der Waals surface area contributed by atoms with Gasteiger partial charge in [0.2, 0.25) is 0 Å². The van der Waals surface area contributed by atoms with E-state index in [1.165, 1.54) is 59.8 Å². The minimum atomic E-state index is -1.76. The summed E-state index contributed by atoms with van der Waals surface area (Å²) in [5, 5.41) is 5.71. The molecular weight excluding hydrogens is 670 g/mol. The van der Waals surface area contributed by atoms with E-state index in [9.17, 15) is 0 Å². The number of benzene rings is 4. The molecule has 0 saturated heterocycles. The average Bonchev–Trinajstić information content (AvgIpc) is 3.70. The van der Waals surface area contributed by atoms with Crippen molar-refractivity contribution in [1.29, 1.82) is 0 Å². The van der Waals surface area contributed by atoms with Gasteiger partial charge < -0.3 is 0 Å². The van der Waals surface area contributed by atoms with Crippen molar-refractivity contribution in [2.45, 2.75) is 6.92 Å². The van der Waals surface area contributed by atoms with Crippen LogP contribution in [0.4, 0.5) is 0 Å². The Morgan fingerprint density at radius 3 is 1.10 bits per heavy atom. The zero-order valence-electron chi connectivity index (χ0n) is 21.3. The van der Waals surface area contributed by atoms with Crippen molar-refractivity contribution in [3.63, 3.8) is 0 Å². The summed E-state index contributed by atoms with van der Waals surface area (Å²) >= 11 is -1.76. The maximum absolute atomic E-state index is 5.37.